The van der Waals surface area contributed by atoms with Gasteiger partial charge in [-0.2, -0.15) is 0 Å². The van der Waals surface area contributed by atoms with Gasteiger partial charge in [-0.15, -0.1) is 0 Å². The number of aliphatic hydroxyl groups is 1. The fourth-order valence-corrected chi connectivity index (χ4v) is 1.10. The van der Waals surface area contributed by atoms with Gasteiger partial charge in [-0.1, -0.05) is 6.07 Å². The second-order valence-corrected chi connectivity index (χ2v) is 2.75. The molecule has 1 aromatic rings. The topological polar surface area (TPSA) is 57.5 Å². The number of benzene rings is 1. The molecule has 0 bridgehead atoms. The summed E-state index contributed by atoms with van der Waals surface area (Å²) in [7, 11) is 0. The van der Waals surface area contributed by atoms with Gasteiger partial charge >= 0.3 is 5.97 Å². The van der Waals surface area contributed by atoms with E-state index in [2.05, 4.69) is 0 Å². The Kier molecular flexibility index (Phi) is 3.14. The van der Waals surface area contributed by atoms with E-state index >= 15 is 0 Å². The van der Waals surface area contributed by atoms with Crippen LogP contribution in [0.2, 0.25) is 0 Å². The van der Waals surface area contributed by atoms with E-state index in [1.165, 1.54) is 0 Å². The number of aliphatic hydroxyl groups excluding tert-OH is 1. The molecule has 1 aromatic carbocycles. The van der Waals surface area contributed by atoms with Gasteiger partial charge in [-0.05, 0) is 12.1 Å². The molecule has 0 fully saturated rings. The van der Waals surface area contributed by atoms with Gasteiger partial charge in [0, 0.05) is 0 Å². The minimum absolute atomic E-state index is 0.602. The minimum Gasteiger partial charge on any atom is -0.481 e. The van der Waals surface area contributed by atoms with E-state index in [0.717, 1.165) is 18.2 Å². The molecule has 0 radical (unpaired) electrons. The van der Waals surface area contributed by atoms with Crippen molar-refractivity contribution in [3.8, 4) is 0 Å². The third-order valence-corrected chi connectivity index (χ3v) is 1.70. The molecule has 0 saturated carbocycles. The summed E-state index contributed by atoms with van der Waals surface area (Å²) >= 11 is 0. The van der Waals surface area contributed by atoms with Crippen LogP contribution < -0.4 is 0 Å². The predicted octanol–water partition coefficient (Wildman–Crippen LogP) is 1.47. The summed E-state index contributed by atoms with van der Waals surface area (Å²) in [5.41, 5.74) is -0.602. The van der Waals surface area contributed by atoms with Crippen molar-refractivity contribution >= 4 is 5.97 Å². The second-order valence-electron chi connectivity index (χ2n) is 2.75. The third kappa shape index (κ3) is 2.26. The highest BCUT2D eigenvalue weighted by Crippen LogP contribution is 2.22. The van der Waals surface area contributed by atoms with Crippen molar-refractivity contribution in [2.24, 2.45) is 0 Å². The van der Waals surface area contributed by atoms with Crippen LogP contribution in [-0.2, 0) is 4.79 Å². The van der Waals surface area contributed by atoms with Crippen molar-refractivity contribution in [2.45, 2.75) is 12.5 Å². The maximum absolute atomic E-state index is 13.0. The number of hydrogen-bond acceptors (Lipinski definition) is 2. The monoisotopic (exact) mass is 202 g/mol. The van der Waals surface area contributed by atoms with Crippen LogP contribution in [0.25, 0.3) is 0 Å². The lowest BCUT2D eigenvalue weighted by molar-refractivity contribution is -0.139. The summed E-state index contributed by atoms with van der Waals surface area (Å²) in [6.45, 7) is 0. The Balaban J connectivity index is 2.99. The van der Waals surface area contributed by atoms with Gasteiger partial charge in [-0.25, -0.2) is 8.78 Å². The summed E-state index contributed by atoms with van der Waals surface area (Å²) in [6, 6.07) is 3.06. The van der Waals surface area contributed by atoms with Crippen LogP contribution in [-0.4, -0.2) is 16.2 Å². The molecule has 1 rings (SSSR count). The lowest BCUT2D eigenvalue weighted by atomic mass is 10.1. The number of hydrogen-bond donors (Lipinski definition) is 2. The smallest absolute Gasteiger partial charge is 0.306 e. The summed E-state index contributed by atoms with van der Waals surface area (Å²) < 4.78 is 25.9. The molecule has 0 aliphatic carbocycles. The zero-order valence-corrected chi connectivity index (χ0v) is 7.08. The second kappa shape index (κ2) is 4.15. The van der Waals surface area contributed by atoms with Crippen molar-refractivity contribution in [2.75, 3.05) is 0 Å². The molecule has 5 heteroatoms. The zero-order valence-electron chi connectivity index (χ0n) is 7.08. The number of carboxylic acids is 1. The van der Waals surface area contributed by atoms with E-state index in [1.54, 1.807) is 0 Å². The van der Waals surface area contributed by atoms with Crippen LogP contribution in [0.3, 0.4) is 0 Å². The number of halogens is 2. The molecule has 0 amide bonds. The summed E-state index contributed by atoms with van der Waals surface area (Å²) in [4.78, 5) is 10.2. The molecule has 0 aromatic heterocycles. The molecule has 76 valence electrons. The molecule has 2 N–H and O–H groups in total. The van der Waals surface area contributed by atoms with Crippen LogP contribution in [0.5, 0.6) is 0 Å². The molecular formula is C9H8F2O3. The van der Waals surface area contributed by atoms with Crippen molar-refractivity contribution in [3.05, 3.63) is 35.4 Å². The van der Waals surface area contributed by atoms with Crippen LogP contribution in [0, 0.1) is 11.6 Å². The third-order valence-electron chi connectivity index (χ3n) is 1.70. The number of carbonyl (C=O) groups is 1. The van der Waals surface area contributed by atoms with Gasteiger partial charge in [-0.3, -0.25) is 4.79 Å². The summed E-state index contributed by atoms with van der Waals surface area (Å²) in [5.74, 6) is -3.21. The van der Waals surface area contributed by atoms with Gasteiger partial charge in [0.25, 0.3) is 0 Å². The van der Waals surface area contributed by atoms with E-state index in [4.69, 9.17) is 5.11 Å². The molecular weight excluding hydrogens is 194 g/mol. The minimum atomic E-state index is -1.66. The molecule has 1 atom stereocenters. The Labute approximate surface area is 78.6 Å². The standard InChI is InChI=1S/C9H8F2O3/c10-5-2-1-3-6(11)9(5)7(12)4-8(13)14/h1-3,7,12H,4H2,(H,13,14)/t7-/m0/s1. The Morgan fingerprint density at radius 2 is 1.86 bits per heavy atom. The number of aliphatic carboxylic acids is 1. The molecule has 0 heterocycles. The largest absolute Gasteiger partial charge is 0.481 e. The fourth-order valence-electron chi connectivity index (χ4n) is 1.10. The quantitative estimate of drug-likeness (QED) is 0.780. The van der Waals surface area contributed by atoms with Gasteiger partial charge in [0.15, 0.2) is 0 Å². The first kappa shape index (κ1) is 10.6. The Hall–Kier alpha value is -1.49. The van der Waals surface area contributed by atoms with Crippen LogP contribution >= 0.6 is 0 Å². The summed E-state index contributed by atoms with van der Waals surface area (Å²) in [5, 5.41) is 17.5. The Bertz CT molecular complexity index is 332. The normalized spacial score (nSPS) is 12.5. The maximum atomic E-state index is 13.0. The molecule has 0 unspecified atom stereocenters. The predicted molar refractivity (Wildman–Crippen MR) is 43.6 cm³/mol. The van der Waals surface area contributed by atoms with Crippen molar-refractivity contribution < 1.29 is 23.8 Å². The lowest BCUT2D eigenvalue weighted by Gasteiger charge is -2.09. The molecule has 0 spiro atoms. The van der Waals surface area contributed by atoms with Crippen molar-refractivity contribution in [1.29, 1.82) is 0 Å². The van der Waals surface area contributed by atoms with E-state index < -0.39 is 35.7 Å². The van der Waals surface area contributed by atoms with Crippen LogP contribution in [0.15, 0.2) is 18.2 Å². The molecule has 0 aliphatic heterocycles. The van der Waals surface area contributed by atoms with Gasteiger partial charge in [0.2, 0.25) is 0 Å². The first-order valence-electron chi connectivity index (χ1n) is 3.86. The van der Waals surface area contributed by atoms with E-state index in [1.807, 2.05) is 0 Å². The van der Waals surface area contributed by atoms with Crippen LogP contribution in [0.4, 0.5) is 8.78 Å². The average molecular weight is 202 g/mol. The van der Waals surface area contributed by atoms with Gasteiger partial charge in [0.1, 0.15) is 11.6 Å². The number of rotatable bonds is 3. The van der Waals surface area contributed by atoms with E-state index in [9.17, 15) is 18.7 Å². The number of carboxylic acid groups (broad SMARTS) is 1. The first-order valence-corrected chi connectivity index (χ1v) is 3.86. The Morgan fingerprint density at radius 1 is 1.36 bits per heavy atom. The molecule has 3 nitrogen and oxygen atoms in total. The molecule has 0 aliphatic rings. The first-order chi connectivity index (χ1) is 6.52. The highest BCUT2D eigenvalue weighted by molar-refractivity contribution is 5.67. The fraction of sp³-hybridized carbons (Fsp3) is 0.222. The van der Waals surface area contributed by atoms with Crippen molar-refractivity contribution in [3.63, 3.8) is 0 Å². The Morgan fingerprint density at radius 3 is 2.29 bits per heavy atom. The van der Waals surface area contributed by atoms with Gasteiger partial charge < -0.3 is 10.2 Å². The average Bonchev–Trinajstić information content (AvgIpc) is 2.01. The van der Waals surface area contributed by atoms with Gasteiger partial charge in [0.05, 0.1) is 18.1 Å². The molecule has 0 saturated heterocycles. The van der Waals surface area contributed by atoms with Crippen molar-refractivity contribution in [1.82, 2.24) is 0 Å². The van der Waals surface area contributed by atoms with Crippen LogP contribution in [0.1, 0.15) is 18.1 Å². The highest BCUT2D eigenvalue weighted by atomic mass is 19.1. The van der Waals surface area contributed by atoms with E-state index in [0.29, 0.717) is 0 Å². The highest BCUT2D eigenvalue weighted by Gasteiger charge is 2.19. The maximum Gasteiger partial charge on any atom is 0.306 e. The molecule has 14 heavy (non-hydrogen) atoms. The lowest BCUT2D eigenvalue weighted by Crippen LogP contribution is -2.09. The summed E-state index contributed by atoms with van der Waals surface area (Å²) in [6.07, 6.45) is -2.38. The SMILES string of the molecule is O=C(O)C[C@H](O)c1c(F)cccc1F. The zero-order chi connectivity index (χ0) is 10.7. The van der Waals surface area contributed by atoms with E-state index in [-0.39, 0.29) is 0 Å².